The Balaban J connectivity index is 2.53. The van der Waals surface area contributed by atoms with Crippen LogP contribution in [0.4, 0.5) is 13.2 Å². The van der Waals surface area contributed by atoms with E-state index in [4.69, 9.17) is 5.11 Å². The first kappa shape index (κ1) is 15.0. The summed E-state index contributed by atoms with van der Waals surface area (Å²) < 4.78 is 40.5. The average molecular weight is 321 g/mol. The van der Waals surface area contributed by atoms with Crippen molar-refractivity contribution in [2.75, 3.05) is 0 Å². The Labute approximate surface area is 127 Å². The van der Waals surface area contributed by atoms with E-state index in [2.05, 4.69) is 10.1 Å². The number of aromatic nitrogens is 3. The first-order valence-electron chi connectivity index (χ1n) is 6.55. The van der Waals surface area contributed by atoms with Gasteiger partial charge in [0, 0.05) is 0 Å². The summed E-state index contributed by atoms with van der Waals surface area (Å²) in [6, 6.07) is 7.80. The van der Waals surface area contributed by atoms with Crippen LogP contribution < -0.4 is 10.8 Å². The third kappa shape index (κ3) is 2.32. The van der Waals surface area contributed by atoms with Gasteiger partial charge in [-0.3, -0.25) is 4.79 Å². The van der Waals surface area contributed by atoms with Crippen LogP contribution in [0.5, 0.6) is 0 Å². The second-order valence-electron chi connectivity index (χ2n) is 4.87. The van der Waals surface area contributed by atoms with Crippen LogP contribution in [-0.2, 0) is 6.18 Å². The van der Waals surface area contributed by atoms with Gasteiger partial charge in [-0.1, -0.05) is 30.3 Å². The summed E-state index contributed by atoms with van der Waals surface area (Å²) in [5.74, 6) is 0. The number of aryl methyl sites for hydroxylation is 1. The van der Waals surface area contributed by atoms with Crippen molar-refractivity contribution < 1.29 is 18.3 Å². The molecule has 1 aromatic carbocycles. The minimum absolute atomic E-state index is 0.121. The first-order valence-corrected chi connectivity index (χ1v) is 6.55. The molecule has 0 aliphatic heterocycles. The Morgan fingerprint density at radius 3 is 2.43 bits per heavy atom. The standard InChI is InChI=1S/C15H10F3N3O2/c1-8-10(7-22)14(23)21-13(19-8)11(9-5-3-2-4-6-9)12(20-21)15(16,17)18/h2-7,22H,1H3. The Morgan fingerprint density at radius 2 is 1.87 bits per heavy atom. The summed E-state index contributed by atoms with van der Waals surface area (Å²) in [7, 11) is 0. The molecule has 0 fully saturated rings. The number of halogens is 3. The molecule has 0 atom stereocenters. The van der Waals surface area contributed by atoms with Gasteiger partial charge in [-0.2, -0.15) is 22.8 Å². The van der Waals surface area contributed by atoms with Crippen LogP contribution in [0, 0.1) is 6.92 Å². The number of nitrogens with zero attached hydrogens (tertiary/aromatic N) is 3. The van der Waals surface area contributed by atoms with Gasteiger partial charge in [-0.15, -0.1) is 0 Å². The van der Waals surface area contributed by atoms with Crippen molar-refractivity contribution in [3.63, 3.8) is 0 Å². The zero-order chi connectivity index (χ0) is 16.8. The molecule has 0 aliphatic rings. The molecule has 0 bridgehead atoms. The van der Waals surface area contributed by atoms with Crippen molar-refractivity contribution in [2.45, 2.75) is 13.1 Å². The number of fused-ring (bicyclic) bond motifs is 1. The molecule has 0 radical (unpaired) electrons. The fraction of sp³-hybridized carbons (Fsp3) is 0.133. The summed E-state index contributed by atoms with van der Waals surface area (Å²) in [6.07, 6.45) is -4.23. The number of aliphatic hydroxyl groups is 1. The van der Waals surface area contributed by atoms with Gasteiger partial charge in [0.2, 0.25) is 0 Å². The maximum atomic E-state index is 13.3. The molecule has 0 spiro atoms. The fourth-order valence-corrected chi connectivity index (χ4v) is 2.36. The Bertz CT molecular complexity index is 995. The molecule has 3 rings (SSSR count). The second kappa shape index (κ2) is 5.08. The van der Waals surface area contributed by atoms with Gasteiger partial charge < -0.3 is 5.11 Å². The molecule has 8 heteroatoms. The van der Waals surface area contributed by atoms with Crippen molar-refractivity contribution in [1.82, 2.24) is 14.6 Å². The van der Waals surface area contributed by atoms with Crippen LogP contribution in [0.3, 0.4) is 0 Å². The van der Waals surface area contributed by atoms with E-state index in [0.717, 1.165) is 0 Å². The highest BCUT2D eigenvalue weighted by molar-refractivity contribution is 5.80. The molecule has 0 aliphatic carbocycles. The lowest BCUT2D eigenvalue weighted by molar-refractivity contribution is -0.140. The molecule has 0 unspecified atom stereocenters. The summed E-state index contributed by atoms with van der Waals surface area (Å²) in [5, 5.41) is 12.3. The SMILES string of the molecule is Cc1nc2c(-c3ccccc3)c(C(F)(F)F)nn2c(=O)c1=CO. The van der Waals surface area contributed by atoms with E-state index in [1.165, 1.54) is 19.1 Å². The van der Waals surface area contributed by atoms with Gasteiger partial charge >= 0.3 is 6.18 Å². The zero-order valence-electron chi connectivity index (χ0n) is 11.8. The average Bonchev–Trinajstić information content (AvgIpc) is 2.88. The lowest BCUT2D eigenvalue weighted by atomic mass is 10.1. The zero-order valence-corrected chi connectivity index (χ0v) is 11.8. The molecule has 0 saturated carbocycles. The molecule has 2 aromatic heterocycles. The van der Waals surface area contributed by atoms with Gasteiger partial charge in [-0.25, -0.2) is 4.98 Å². The second-order valence-corrected chi connectivity index (χ2v) is 4.87. The van der Waals surface area contributed by atoms with E-state index < -0.39 is 17.4 Å². The van der Waals surface area contributed by atoms with E-state index >= 15 is 0 Å². The predicted molar refractivity (Wildman–Crippen MR) is 76.7 cm³/mol. The van der Waals surface area contributed by atoms with Crippen LogP contribution in [0.15, 0.2) is 35.1 Å². The summed E-state index contributed by atoms with van der Waals surface area (Å²) in [6.45, 7) is 1.43. The first-order chi connectivity index (χ1) is 10.8. The van der Waals surface area contributed by atoms with Gasteiger partial charge in [-0.05, 0) is 12.5 Å². The maximum Gasteiger partial charge on any atom is 0.435 e. The van der Waals surface area contributed by atoms with Crippen molar-refractivity contribution in [1.29, 1.82) is 0 Å². The number of hydrogen-bond acceptors (Lipinski definition) is 4. The maximum absolute atomic E-state index is 13.3. The number of aliphatic hydroxyl groups excluding tert-OH is 1. The van der Waals surface area contributed by atoms with Crippen LogP contribution in [0.25, 0.3) is 23.0 Å². The minimum atomic E-state index is -4.75. The molecule has 1 N–H and O–H groups in total. The van der Waals surface area contributed by atoms with Gasteiger partial charge in [0.1, 0.15) is 0 Å². The Morgan fingerprint density at radius 1 is 1.22 bits per heavy atom. The van der Waals surface area contributed by atoms with Crippen molar-refractivity contribution in [2.24, 2.45) is 0 Å². The highest BCUT2D eigenvalue weighted by Gasteiger charge is 2.39. The van der Waals surface area contributed by atoms with E-state index in [-0.39, 0.29) is 27.7 Å². The molecule has 23 heavy (non-hydrogen) atoms. The smallest absolute Gasteiger partial charge is 0.435 e. The van der Waals surface area contributed by atoms with E-state index in [1.807, 2.05) is 0 Å². The Kier molecular flexibility index (Phi) is 3.32. The molecule has 5 nitrogen and oxygen atoms in total. The van der Waals surface area contributed by atoms with Crippen LogP contribution in [-0.4, -0.2) is 19.7 Å². The molecule has 0 amide bonds. The van der Waals surface area contributed by atoms with Gasteiger partial charge in [0.15, 0.2) is 11.3 Å². The van der Waals surface area contributed by atoms with Crippen molar-refractivity contribution in [3.8, 4) is 11.1 Å². The third-order valence-corrected chi connectivity index (χ3v) is 3.41. The summed E-state index contributed by atoms with van der Waals surface area (Å²) in [4.78, 5) is 16.2. The number of alkyl halides is 3. The van der Waals surface area contributed by atoms with Crippen LogP contribution in [0.1, 0.15) is 11.4 Å². The highest BCUT2D eigenvalue weighted by Crippen LogP contribution is 2.37. The highest BCUT2D eigenvalue weighted by atomic mass is 19.4. The lowest BCUT2D eigenvalue weighted by Crippen LogP contribution is -2.34. The number of rotatable bonds is 1. The topological polar surface area (TPSA) is 67.5 Å². The largest absolute Gasteiger partial charge is 0.515 e. The van der Waals surface area contributed by atoms with Crippen LogP contribution in [0.2, 0.25) is 0 Å². The Hall–Kier alpha value is -2.90. The summed E-state index contributed by atoms with van der Waals surface area (Å²) >= 11 is 0. The number of benzene rings is 1. The number of hydrogen-bond donors (Lipinski definition) is 1. The van der Waals surface area contributed by atoms with Crippen LogP contribution >= 0.6 is 0 Å². The minimum Gasteiger partial charge on any atom is -0.515 e. The molecule has 118 valence electrons. The molecule has 3 aromatic rings. The quantitative estimate of drug-likeness (QED) is 0.745. The van der Waals surface area contributed by atoms with E-state index in [9.17, 15) is 18.0 Å². The summed E-state index contributed by atoms with van der Waals surface area (Å²) in [5.41, 5.74) is -2.14. The third-order valence-electron chi connectivity index (χ3n) is 3.41. The van der Waals surface area contributed by atoms with Gasteiger partial charge in [0.05, 0.1) is 22.7 Å². The van der Waals surface area contributed by atoms with E-state index in [1.54, 1.807) is 18.2 Å². The lowest BCUT2D eigenvalue weighted by Gasteiger charge is -2.06. The monoisotopic (exact) mass is 321 g/mol. The molecular weight excluding hydrogens is 311 g/mol. The molecular formula is C15H10F3N3O2. The predicted octanol–water partition coefficient (Wildman–Crippen LogP) is 2.10. The molecule has 0 saturated heterocycles. The normalized spacial score (nSPS) is 13.0. The van der Waals surface area contributed by atoms with Crippen molar-refractivity contribution >= 4 is 11.9 Å². The van der Waals surface area contributed by atoms with Crippen molar-refractivity contribution in [3.05, 3.63) is 57.3 Å². The fourth-order valence-electron chi connectivity index (χ4n) is 2.36. The van der Waals surface area contributed by atoms with Gasteiger partial charge in [0.25, 0.3) is 5.56 Å². The van der Waals surface area contributed by atoms with E-state index in [0.29, 0.717) is 10.8 Å². The molecule has 2 heterocycles.